The van der Waals surface area contributed by atoms with Crippen LogP contribution in [0.1, 0.15) is 38.7 Å². The maximum Gasteiger partial charge on any atom is 0.150 e. The van der Waals surface area contributed by atoms with Gasteiger partial charge in [-0.15, -0.1) is 12.4 Å². The fraction of sp³-hybridized carbons (Fsp3) is 0.727. The van der Waals surface area contributed by atoms with Crippen molar-refractivity contribution >= 4 is 18.2 Å². The number of rotatable bonds is 6. The summed E-state index contributed by atoms with van der Waals surface area (Å²) in [6.45, 7) is 8.40. The van der Waals surface area contributed by atoms with E-state index in [4.69, 9.17) is 0 Å². The van der Waals surface area contributed by atoms with Crippen LogP contribution in [-0.2, 0) is 6.54 Å². The lowest BCUT2D eigenvalue weighted by atomic mass is 10.2. The standard InChI is InChI=1S/C11H21N3.ClH/c1-4-6-7-8-12-11-10(3)9-14(5-2)13-11;/h9H,4-8H2,1-3H3,(H,12,13);1H. The highest BCUT2D eigenvalue weighted by Gasteiger charge is 2.02. The average Bonchev–Trinajstić information content (AvgIpc) is 2.54. The van der Waals surface area contributed by atoms with Gasteiger partial charge in [-0.25, -0.2) is 0 Å². The summed E-state index contributed by atoms with van der Waals surface area (Å²) >= 11 is 0. The Morgan fingerprint density at radius 2 is 2.07 bits per heavy atom. The maximum absolute atomic E-state index is 4.43. The van der Waals surface area contributed by atoms with Crippen molar-refractivity contribution in [2.45, 2.75) is 46.6 Å². The number of unbranched alkanes of at least 4 members (excludes halogenated alkanes) is 2. The van der Waals surface area contributed by atoms with Crippen LogP contribution in [0.25, 0.3) is 0 Å². The third kappa shape index (κ3) is 4.56. The first-order valence-electron chi connectivity index (χ1n) is 5.55. The molecule has 1 heterocycles. The van der Waals surface area contributed by atoms with E-state index < -0.39 is 0 Å². The molecule has 1 rings (SSSR count). The Kier molecular flexibility index (Phi) is 7.22. The molecule has 1 aromatic rings. The molecular formula is C11H22ClN3. The van der Waals surface area contributed by atoms with E-state index in [1.54, 1.807) is 0 Å². The summed E-state index contributed by atoms with van der Waals surface area (Å²) in [4.78, 5) is 0. The SMILES string of the molecule is CCCCCNc1nn(CC)cc1C.Cl. The predicted octanol–water partition coefficient (Wildman–Crippen LogP) is 3.24. The number of hydrogen-bond acceptors (Lipinski definition) is 2. The lowest BCUT2D eigenvalue weighted by molar-refractivity contribution is 0.659. The van der Waals surface area contributed by atoms with Gasteiger partial charge < -0.3 is 5.32 Å². The van der Waals surface area contributed by atoms with Gasteiger partial charge in [0.1, 0.15) is 0 Å². The molecule has 0 spiro atoms. The molecule has 0 radical (unpaired) electrons. The van der Waals surface area contributed by atoms with E-state index in [1.165, 1.54) is 24.8 Å². The first-order chi connectivity index (χ1) is 6.77. The Labute approximate surface area is 98.7 Å². The fourth-order valence-electron chi connectivity index (χ4n) is 1.44. The Bertz CT molecular complexity index is 271. The first kappa shape index (κ1) is 14.3. The summed E-state index contributed by atoms with van der Waals surface area (Å²) in [5.74, 6) is 1.04. The molecule has 0 saturated carbocycles. The second-order valence-corrected chi connectivity index (χ2v) is 3.65. The molecular weight excluding hydrogens is 210 g/mol. The molecule has 0 saturated heterocycles. The van der Waals surface area contributed by atoms with E-state index in [0.29, 0.717) is 0 Å². The average molecular weight is 232 g/mol. The van der Waals surface area contributed by atoms with E-state index in [-0.39, 0.29) is 12.4 Å². The zero-order valence-electron chi connectivity index (χ0n) is 9.92. The molecule has 0 fully saturated rings. The summed E-state index contributed by atoms with van der Waals surface area (Å²) < 4.78 is 1.97. The van der Waals surface area contributed by atoms with Crippen LogP contribution in [0.2, 0.25) is 0 Å². The number of halogens is 1. The van der Waals surface area contributed by atoms with Crippen LogP contribution in [0.15, 0.2) is 6.20 Å². The minimum atomic E-state index is 0. The Morgan fingerprint density at radius 1 is 1.33 bits per heavy atom. The van der Waals surface area contributed by atoms with Gasteiger partial charge in [0.2, 0.25) is 0 Å². The van der Waals surface area contributed by atoms with Crippen molar-refractivity contribution in [3.63, 3.8) is 0 Å². The van der Waals surface area contributed by atoms with Gasteiger partial charge in [-0.3, -0.25) is 4.68 Å². The van der Waals surface area contributed by atoms with Gasteiger partial charge in [0.05, 0.1) is 0 Å². The lowest BCUT2D eigenvalue weighted by Gasteiger charge is -2.02. The van der Waals surface area contributed by atoms with E-state index in [9.17, 15) is 0 Å². The fourth-order valence-corrected chi connectivity index (χ4v) is 1.44. The van der Waals surface area contributed by atoms with Gasteiger partial charge in [-0.1, -0.05) is 19.8 Å². The van der Waals surface area contributed by atoms with Crippen LogP contribution in [0.3, 0.4) is 0 Å². The van der Waals surface area contributed by atoms with Crippen molar-refractivity contribution in [1.29, 1.82) is 0 Å². The van der Waals surface area contributed by atoms with Crippen LogP contribution in [0.4, 0.5) is 5.82 Å². The van der Waals surface area contributed by atoms with Gasteiger partial charge in [-0.05, 0) is 20.3 Å². The highest BCUT2D eigenvalue weighted by molar-refractivity contribution is 5.85. The number of aromatic nitrogens is 2. The molecule has 0 atom stereocenters. The first-order valence-corrected chi connectivity index (χ1v) is 5.55. The van der Waals surface area contributed by atoms with E-state index in [2.05, 4.69) is 37.4 Å². The van der Waals surface area contributed by atoms with Crippen molar-refractivity contribution in [3.8, 4) is 0 Å². The third-order valence-corrected chi connectivity index (χ3v) is 2.34. The lowest BCUT2D eigenvalue weighted by Crippen LogP contribution is -2.03. The maximum atomic E-state index is 4.43. The number of anilines is 1. The summed E-state index contributed by atoms with van der Waals surface area (Å²) in [5, 5.41) is 7.80. The highest BCUT2D eigenvalue weighted by atomic mass is 35.5. The molecule has 1 N–H and O–H groups in total. The van der Waals surface area contributed by atoms with E-state index in [0.717, 1.165) is 18.9 Å². The normalized spacial score (nSPS) is 9.80. The predicted molar refractivity (Wildman–Crippen MR) is 67.9 cm³/mol. The number of aryl methyl sites for hydroxylation is 2. The van der Waals surface area contributed by atoms with Crippen LogP contribution >= 0.6 is 12.4 Å². The molecule has 4 heteroatoms. The Hall–Kier alpha value is -0.700. The minimum absolute atomic E-state index is 0. The molecule has 0 aromatic carbocycles. The molecule has 0 aliphatic heterocycles. The van der Waals surface area contributed by atoms with Gasteiger partial charge in [0, 0.05) is 24.8 Å². The second kappa shape index (κ2) is 7.57. The second-order valence-electron chi connectivity index (χ2n) is 3.65. The summed E-state index contributed by atoms with van der Waals surface area (Å²) in [5.41, 5.74) is 1.24. The summed E-state index contributed by atoms with van der Waals surface area (Å²) in [7, 11) is 0. The zero-order valence-corrected chi connectivity index (χ0v) is 10.7. The number of nitrogens with one attached hydrogen (secondary N) is 1. The molecule has 15 heavy (non-hydrogen) atoms. The third-order valence-electron chi connectivity index (χ3n) is 2.34. The summed E-state index contributed by atoms with van der Waals surface area (Å²) in [6.07, 6.45) is 5.88. The number of nitrogens with zero attached hydrogens (tertiary/aromatic N) is 2. The molecule has 0 aliphatic carbocycles. The van der Waals surface area contributed by atoms with Crippen molar-refractivity contribution in [2.24, 2.45) is 0 Å². The van der Waals surface area contributed by atoms with Crippen LogP contribution in [0, 0.1) is 6.92 Å². The zero-order chi connectivity index (χ0) is 10.4. The molecule has 0 unspecified atom stereocenters. The van der Waals surface area contributed by atoms with Gasteiger partial charge in [-0.2, -0.15) is 5.10 Å². The largest absolute Gasteiger partial charge is 0.368 e. The molecule has 3 nitrogen and oxygen atoms in total. The van der Waals surface area contributed by atoms with Gasteiger partial charge in [0.15, 0.2) is 5.82 Å². The van der Waals surface area contributed by atoms with E-state index >= 15 is 0 Å². The van der Waals surface area contributed by atoms with Crippen LogP contribution in [-0.4, -0.2) is 16.3 Å². The molecule has 88 valence electrons. The molecule has 1 aromatic heterocycles. The van der Waals surface area contributed by atoms with Crippen molar-refractivity contribution in [3.05, 3.63) is 11.8 Å². The monoisotopic (exact) mass is 231 g/mol. The minimum Gasteiger partial charge on any atom is -0.368 e. The van der Waals surface area contributed by atoms with E-state index in [1.807, 2.05) is 4.68 Å². The summed E-state index contributed by atoms with van der Waals surface area (Å²) in [6, 6.07) is 0. The smallest absolute Gasteiger partial charge is 0.150 e. The van der Waals surface area contributed by atoms with Gasteiger partial charge >= 0.3 is 0 Å². The molecule has 0 amide bonds. The Morgan fingerprint density at radius 3 is 2.60 bits per heavy atom. The van der Waals surface area contributed by atoms with Gasteiger partial charge in [0.25, 0.3) is 0 Å². The molecule has 0 aliphatic rings. The Balaban J connectivity index is 0.00000196. The topological polar surface area (TPSA) is 29.9 Å². The molecule has 0 bridgehead atoms. The quantitative estimate of drug-likeness (QED) is 0.762. The number of hydrogen-bond donors (Lipinski definition) is 1. The van der Waals surface area contributed by atoms with Crippen LogP contribution < -0.4 is 5.32 Å². The van der Waals surface area contributed by atoms with Crippen molar-refractivity contribution in [2.75, 3.05) is 11.9 Å². The van der Waals surface area contributed by atoms with Crippen molar-refractivity contribution in [1.82, 2.24) is 9.78 Å². The highest BCUT2D eigenvalue weighted by Crippen LogP contribution is 2.11. The van der Waals surface area contributed by atoms with Crippen molar-refractivity contribution < 1.29 is 0 Å². The van der Waals surface area contributed by atoms with Crippen LogP contribution in [0.5, 0.6) is 0 Å².